The Balaban J connectivity index is 2.76. The SMILES string of the molecule is O=[SH](=O)C1N=NN=N1. The molecule has 0 saturated heterocycles. The minimum Gasteiger partial charge on any atom is -0.227 e. The highest BCUT2D eigenvalue weighted by atomic mass is 32.2. The fourth-order valence-electron chi connectivity index (χ4n) is 0.246. The van der Waals surface area contributed by atoms with Gasteiger partial charge in [-0.2, -0.15) is 0 Å². The van der Waals surface area contributed by atoms with Crippen molar-refractivity contribution in [1.29, 1.82) is 0 Å². The molecule has 0 spiro atoms. The van der Waals surface area contributed by atoms with Crippen LogP contribution in [-0.4, -0.2) is 13.9 Å². The van der Waals surface area contributed by atoms with Crippen molar-refractivity contribution in [2.24, 2.45) is 20.7 Å². The first kappa shape index (κ1) is 5.29. The fraction of sp³-hybridized carbons (Fsp3) is 1.00. The minimum atomic E-state index is -2.62. The smallest absolute Gasteiger partial charge is 0.227 e. The first-order chi connectivity index (χ1) is 3.80. The molecular formula is CH2N4O2S. The highest BCUT2D eigenvalue weighted by Crippen LogP contribution is 2.03. The van der Waals surface area contributed by atoms with Gasteiger partial charge in [0.05, 0.1) is 0 Å². The van der Waals surface area contributed by atoms with Crippen molar-refractivity contribution in [1.82, 2.24) is 0 Å². The van der Waals surface area contributed by atoms with Crippen molar-refractivity contribution in [3.8, 4) is 0 Å². The molecule has 8 heavy (non-hydrogen) atoms. The van der Waals surface area contributed by atoms with Crippen LogP contribution in [-0.2, 0) is 10.7 Å². The molecule has 0 fully saturated rings. The highest BCUT2D eigenvalue weighted by Gasteiger charge is 2.10. The van der Waals surface area contributed by atoms with Crippen LogP contribution in [0.25, 0.3) is 0 Å². The van der Waals surface area contributed by atoms with Crippen LogP contribution in [0.1, 0.15) is 0 Å². The van der Waals surface area contributed by atoms with Gasteiger partial charge >= 0.3 is 0 Å². The van der Waals surface area contributed by atoms with Crippen LogP contribution in [0.3, 0.4) is 0 Å². The second-order valence-electron chi connectivity index (χ2n) is 1.04. The lowest BCUT2D eigenvalue weighted by Gasteiger charge is -1.80. The van der Waals surface area contributed by atoms with E-state index in [0.29, 0.717) is 0 Å². The average Bonchev–Trinajstić information content (AvgIpc) is 2.12. The summed E-state index contributed by atoms with van der Waals surface area (Å²) in [4.78, 5) is 0. The first-order valence-corrected chi connectivity index (χ1v) is 2.99. The summed E-state index contributed by atoms with van der Waals surface area (Å²) < 4.78 is 19.9. The third-order valence-electron chi connectivity index (χ3n) is 0.538. The Kier molecular flexibility index (Phi) is 1.29. The van der Waals surface area contributed by atoms with Gasteiger partial charge in [-0.3, -0.25) is 0 Å². The number of hydrogen-bond donors (Lipinski definition) is 1. The second kappa shape index (κ2) is 1.95. The van der Waals surface area contributed by atoms with E-state index in [-0.39, 0.29) is 0 Å². The molecule has 1 heterocycles. The van der Waals surface area contributed by atoms with E-state index in [1.165, 1.54) is 0 Å². The summed E-state index contributed by atoms with van der Waals surface area (Å²) in [5, 5.41) is 12.2. The third-order valence-corrected chi connectivity index (χ3v) is 1.12. The molecule has 0 amide bonds. The van der Waals surface area contributed by atoms with Crippen molar-refractivity contribution >= 4 is 10.7 Å². The molecule has 0 aromatic heterocycles. The molecule has 0 radical (unpaired) electrons. The van der Waals surface area contributed by atoms with Crippen molar-refractivity contribution in [2.75, 3.05) is 0 Å². The van der Waals surface area contributed by atoms with Gasteiger partial charge in [0.15, 0.2) is 10.7 Å². The summed E-state index contributed by atoms with van der Waals surface area (Å²) in [6.45, 7) is 0. The van der Waals surface area contributed by atoms with Gasteiger partial charge in [0.2, 0.25) is 0 Å². The Morgan fingerprint density at radius 1 is 1.12 bits per heavy atom. The van der Waals surface area contributed by atoms with E-state index in [4.69, 9.17) is 0 Å². The van der Waals surface area contributed by atoms with Gasteiger partial charge in [-0.1, -0.05) is 0 Å². The van der Waals surface area contributed by atoms with Crippen LogP contribution < -0.4 is 0 Å². The van der Waals surface area contributed by atoms with Crippen LogP contribution in [0.15, 0.2) is 20.7 Å². The van der Waals surface area contributed by atoms with Gasteiger partial charge in [0.1, 0.15) is 0 Å². The molecule has 0 unspecified atom stereocenters. The lowest BCUT2D eigenvalue weighted by molar-refractivity contribution is 0.602. The van der Waals surface area contributed by atoms with Gasteiger partial charge in [0.25, 0.3) is 5.50 Å². The maximum absolute atomic E-state index is 9.93. The molecule has 0 aromatic carbocycles. The van der Waals surface area contributed by atoms with Crippen LogP contribution in [0.2, 0.25) is 0 Å². The summed E-state index contributed by atoms with van der Waals surface area (Å²) in [6, 6.07) is 0. The number of rotatable bonds is 1. The lowest BCUT2D eigenvalue weighted by Crippen LogP contribution is -1.96. The lowest BCUT2D eigenvalue weighted by atomic mass is 11.2. The molecule has 1 rings (SSSR count). The van der Waals surface area contributed by atoms with E-state index in [0.717, 1.165) is 0 Å². The van der Waals surface area contributed by atoms with Crippen molar-refractivity contribution in [3.63, 3.8) is 0 Å². The summed E-state index contributed by atoms with van der Waals surface area (Å²) in [5.74, 6) is 0. The zero-order chi connectivity index (χ0) is 5.98. The average molecular weight is 134 g/mol. The number of thiol groups is 1. The molecular weight excluding hydrogens is 132 g/mol. The summed E-state index contributed by atoms with van der Waals surface area (Å²) in [7, 11) is -2.62. The Hall–Kier alpha value is -0.850. The van der Waals surface area contributed by atoms with Crippen molar-refractivity contribution in [2.45, 2.75) is 5.50 Å². The maximum Gasteiger partial charge on any atom is 0.281 e. The summed E-state index contributed by atoms with van der Waals surface area (Å²) >= 11 is 0. The Morgan fingerprint density at radius 3 is 1.88 bits per heavy atom. The van der Waals surface area contributed by atoms with Crippen LogP contribution in [0, 0.1) is 0 Å². The minimum absolute atomic E-state index is 1.06. The molecule has 0 aliphatic carbocycles. The topological polar surface area (TPSA) is 83.6 Å². The molecule has 1 aliphatic rings. The standard InChI is InChI=1S/CH2N4O2S/c6-8(7)1-2-4-5-3-1/h1,8H. The van der Waals surface area contributed by atoms with Gasteiger partial charge in [-0.25, -0.2) is 8.42 Å². The zero-order valence-electron chi connectivity index (χ0n) is 3.63. The molecule has 0 saturated carbocycles. The highest BCUT2D eigenvalue weighted by molar-refractivity contribution is 7.73. The quantitative estimate of drug-likeness (QED) is 0.500. The van der Waals surface area contributed by atoms with E-state index in [1.807, 2.05) is 0 Å². The fourth-order valence-corrected chi connectivity index (χ4v) is 0.507. The van der Waals surface area contributed by atoms with E-state index >= 15 is 0 Å². The van der Waals surface area contributed by atoms with Gasteiger partial charge in [-0.05, 0) is 10.4 Å². The summed E-state index contributed by atoms with van der Waals surface area (Å²) in [6.07, 6.45) is 0. The normalized spacial score (nSPS) is 18.6. The van der Waals surface area contributed by atoms with Gasteiger partial charge in [-0.15, -0.1) is 10.2 Å². The van der Waals surface area contributed by atoms with E-state index in [2.05, 4.69) is 20.7 Å². The maximum atomic E-state index is 9.93. The first-order valence-electron chi connectivity index (χ1n) is 1.74. The third kappa shape index (κ3) is 0.861. The monoisotopic (exact) mass is 134 g/mol. The van der Waals surface area contributed by atoms with Crippen LogP contribution >= 0.6 is 0 Å². The Bertz CT molecular complexity index is 184. The molecule has 0 atom stereocenters. The molecule has 0 aromatic rings. The molecule has 6 nitrogen and oxygen atoms in total. The van der Waals surface area contributed by atoms with Gasteiger partial charge in [0, 0.05) is 0 Å². The van der Waals surface area contributed by atoms with E-state index in [9.17, 15) is 8.42 Å². The predicted octanol–water partition coefficient (Wildman–Crippen LogP) is -0.286. The van der Waals surface area contributed by atoms with E-state index in [1.54, 1.807) is 0 Å². The van der Waals surface area contributed by atoms with Crippen LogP contribution in [0.4, 0.5) is 0 Å². The summed E-state index contributed by atoms with van der Waals surface area (Å²) in [5.41, 5.74) is -1.06. The Labute approximate surface area is 46.3 Å². The van der Waals surface area contributed by atoms with Crippen molar-refractivity contribution < 1.29 is 8.42 Å². The Morgan fingerprint density at radius 2 is 1.62 bits per heavy atom. The zero-order valence-corrected chi connectivity index (χ0v) is 4.52. The molecule has 44 valence electrons. The van der Waals surface area contributed by atoms with Gasteiger partial charge < -0.3 is 0 Å². The second-order valence-corrected chi connectivity index (χ2v) is 2.07. The van der Waals surface area contributed by atoms with Crippen molar-refractivity contribution in [3.05, 3.63) is 0 Å². The number of nitrogens with zero attached hydrogens (tertiary/aromatic N) is 4. The molecule has 0 bridgehead atoms. The molecule has 0 N–H and O–H groups in total. The molecule has 7 heteroatoms. The predicted molar refractivity (Wildman–Crippen MR) is 23.8 cm³/mol. The largest absolute Gasteiger partial charge is 0.281 e. The number of hydrogen-bond acceptors (Lipinski definition) is 6. The van der Waals surface area contributed by atoms with Crippen LogP contribution in [0.5, 0.6) is 0 Å². The molecule has 1 aliphatic heterocycles. The van der Waals surface area contributed by atoms with E-state index < -0.39 is 16.2 Å².